The van der Waals surface area contributed by atoms with Gasteiger partial charge in [-0.05, 0) is 29.5 Å². The quantitative estimate of drug-likeness (QED) is 0.404. The molecule has 6 nitrogen and oxygen atoms in total. The predicted molar refractivity (Wildman–Crippen MR) is 134 cm³/mol. The molecule has 0 bridgehead atoms. The molecule has 5 rings (SSSR count). The molecule has 0 amide bonds. The van der Waals surface area contributed by atoms with E-state index in [4.69, 9.17) is 4.74 Å². The fourth-order valence-electron chi connectivity index (χ4n) is 5.20. The Morgan fingerprint density at radius 3 is 1.80 bits per heavy atom. The van der Waals surface area contributed by atoms with Crippen molar-refractivity contribution in [1.82, 2.24) is 9.55 Å². The zero-order chi connectivity index (χ0) is 24.3. The lowest BCUT2D eigenvalue weighted by Gasteiger charge is -2.37. The minimum Gasteiger partial charge on any atom is -0.393 e. The fraction of sp³-hybridized carbons (Fsp3) is 0.241. The van der Waals surface area contributed by atoms with Gasteiger partial charge in [-0.15, -0.1) is 0 Å². The molecule has 6 heteroatoms. The topological polar surface area (TPSA) is 84.3 Å². The monoisotopic (exact) mass is 468 g/mol. The number of hydrogen-bond acceptors (Lipinski definition) is 4. The molecule has 1 saturated carbocycles. The third-order valence-electron chi connectivity index (χ3n) is 6.93. The number of nitrogens with zero attached hydrogens (tertiary/aromatic N) is 1. The first-order valence-electron chi connectivity index (χ1n) is 11.9. The summed E-state index contributed by atoms with van der Waals surface area (Å²) >= 11 is 0. The first kappa shape index (κ1) is 23.0. The number of hydrogen-bond donors (Lipinski definition) is 2. The molecule has 178 valence electrons. The zero-order valence-corrected chi connectivity index (χ0v) is 19.3. The maximum Gasteiger partial charge on any atom is 0.328 e. The number of H-pyrrole nitrogens is 1. The average Bonchev–Trinajstić information content (AvgIpc) is 3.26. The van der Waals surface area contributed by atoms with Gasteiger partial charge in [0.25, 0.3) is 5.56 Å². The van der Waals surface area contributed by atoms with Crippen LogP contribution in [0.25, 0.3) is 0 Å². The summed E-state index contributed by atoms with van der Waals surface area (Å²) in [6, 6.07) is 31.5. The van der Waals surface area contributed by atoms with Gasteiger partial charge < -0.3 is 9.84 Å². The van der Waals surface area contributed by atoms with Crippen LogP contribution in [0.1, 0.15) is 35.6 Å². The van der Waals surface area contributed by atoms with Crippen molar-refractivity contribution in [3.63, 3.8) is 0 Å². The van der Waals surface area contributed by atoms with Gasteiger partial charge in [0, 0.05) is 24.2 Å². The summed E-state index contributed by atoms with van der Waals surface area (Å²) in [5, 5.41) is 10.9. The van der Waals surface area contributed by atoms with Crippen LogP contribution in [0.2, 0.25) is 0 Å². The van der Waals surface area contributed by atoms with E-state index in [-0.39, 0.29) is 12.0 Å². The molecule has 2 N–H and O–H groups in total. The molecule has 1 fully saturated rings. The van der Waals surface area contributed by atoms with E-state index >= 15 is 0 Å². The number of rotatable bonds is 7. The van der Waals surface area contributed by atoms with Crippen molar-refractivity contribution in [3.8, 4) is 0 Å². The largest absolute Gasteiger partial charge is 0.393 e. The molecule has 0 spiro atoms. The highest BCUT2D eigenvalue weighted by Gasteiger charge is 2.41. The number of aliphatic hydroxyl groups is 1. The third-order valence-corrected chi connectivity index (χ3v) is 6.93. The fourth-order valence-corrected chi connectivity index (χ4v) is 5.20. The summed E-state index contributed by atoms with van der Waals surface area (Å²) in [5.41, 5.74) is 1.25. The number of ether oxygens (including phenoxy) is 1. The van der Waals surface area contributed by atoms with Crippen LogP contribution in [-0.2, 0) is 10.3 Å². The van der Waals surface area contributed by atoms with Crippen LogP contribution in [-0.4, -0.2) is 27.4 Å². The molecule has 1 aliphatic carbocycles. The Hall–Kier alpha value is -3.74. The number of benzene rings is 3. The smallest absolute Gasteiger partial charge is 0.328 e. The van der Waals surface area contributed by atoms with Crippen molar-refractivity contribution < 1.29 is 9.84 Å². The van der Waals surface area contributed by atoms with Crippen LogP contribution < -0.4 is 11.2 Å². The Morgan fingerprint density at radius 1 is 0.800 bits per heavy atom. The second kappa shape index (κ2) is 9.86. The molecule has 3 atom stereocenters. The van der Waals surface area contributed by atoms with E-state index in [2.05, 4.69) is 41.4 Å². The molecular weight excluding hydrogens is 440 g/mol. The van der Waals surface area contributed by atoms with Crippen molar-refractivity contribution >= 4 is 0 Å². The van der Waals surface area contributed by atoms with Gasteiger partial charge in [-0.25, -0.2) is 4.79 Å². The van der Waals surface area contributed by atoms with E-state index in [1.165, 1.54) is 16.8 Å². The van der Waals surface area contributed by atoms with Gasteiger partial charge in [0.1, 0.15) is 5.60 Å². The molecule has 35 heavy (non-hydrogen) atoms. The highest BCUT2D eigenvalue weighted by molar-refractivity contribution is 5.47. The van der Waals surface area contributed by atoms with Gasteiger partial charge in [0.15, 0.2) is 0 Å². The summed E-state index contributed by atoms with van der Waals surface area (Å²) in [7, 11) is 0. The zero-order valence-electron chi connectivity index (χ0n) is 19.3. The summed E-state index contributed by atoms with van der Waals surface area (Å²) in [6.45, 7) is 0.300. The lowest BCUT2D eigenvalue weighted by Crippen LogP contribution is -2.35. The Balaban J connectivity index is 1.50. The van der Waals surface area contributed by atoms with Crippen LogP contribution in [0.5, 0.6) is 0 Å². The van der Waals surface area contributed by atoms with Crippen molar-refractivity contribution in [2.45, 2.75) is 30.6 Å². The van der Waals surface area contributed by atoms with Crippen LogP contribution in [0.15, 0.2) is 113 Å². The molecule has 0 radical (unpaired) electrons. The molecule has 4 aromatic rings. The second-order valence-electron chi connectivity index (χ2n) is 9.06. The van der Waals surface area contributed by atoms with Crippen molar-refractivity contribution in [1.29, 1.82) is 0 Å². The van der Waals surface area contributed by atoms with E-state index in [1.54, 1.807) is 0 Å². The van der Waals surface area contributed by atoms with Crippen LogP contribution >= 0.6 is 0 Å². The number of aromatic amines is 1. The van der Waals surface area contributed by atoms with Gasteiger partial charge in [0.2, 0.25) is 0 Å². The summed E-state index contributed by atoms with van der Waals surface area (Å²) in [6.07, 6.45) is 1.87. The molecular formula is C29H28N2O4. The number of aliphatic hydroxyl groups excluding tert-OH is 1. The minimum absolute atomic E-state index is 0.172. The SMILES string of the molecule is O=c1ccn([C@@H]2C[C@H](COC(c3ccccc3)(c3ccccc3)c3ccccc3)[C@@H](O)C2)c(=O)[nH]1. The second-order valence-corrected chi connectivity index (χ2v) is 9.06. The Bertz CT molecular complexity index is 1270. The maximum absolute atomic E-state index is 12.3. The molecule has 1 aliphatic rings. The molecule has 0 saturated heterocycles. The Morgan fingerprint density at radius 2 is 1.31 bits per heavy atom. The lowest BCUT2D eigenvalue weighted by atomic mass is 9.80. The van der Waals surface area contributed by atoms with E-state index < -0.39 is 23.0 Å². The average molecular weight is 469 g/mol. The Labute approximate surface area is 203 Å². The normalized spacial score (nSPS) is 20.1. The summed E-state index contributed by atoms with van der Waals surface area (Å²) in [5.74, 6) is -0.172. The van der Waals surface area contributed by atoms with E-state index in [1.807, 2.05) is 54.6 Å². The molecule has 3 aromatic carbocycles. The van der Waals surface area contributed by atoms with Crippen molar-refractivity contribution in [2.75, 3.05) is 6.61 Å². The summed E-state index contributed by atoms with van der Waals surface area (Å²) < 4.78 is 8.37. The highest BCUT2D eigenvalue weighted by Crippen LogP contribution is 2.42. The van der Waals surface area contributed by atoms with Crippen LogP contribution in [0.4, 0.5) is 0 Å². The van der Waals surface area contributed by atoms with Crippen molar-refractivity contribution in [2.24, 2.45) is 5.92 Å². The standard InChI is InChI=1S/C29H28N2O4/c32-26-19-25(31-17-16-27(33)30-28(31)34)18-21(26)20-35-29(22-10-4-1-5-11-22,23-12-6-2-7-13-23)24-14-8-3-9-15-24/h1-17,21,25-26,32H,18-20H2,(H,30,33,34)/t21-,25-,26+/m1/s1. The number of nitrogens with one attached hydrogen (secondary N) is 1. The Kier molecular flexibility index (Phi) is 6.49. The van der Waals surface area contributed by atoms with Gasteiger partial charge in [-0.3, -0.25) is 14.3 Å². The van der Waals surface area contributed by atoms with Gasteiger partial charge >= 0.3 is 5.69 Å². The number of aromatic nitrogens is 2. The lowest BCUT2D eigenvalue weighted by molar-refractivity contribution is -0.0296. The van der Waals surface area contributed by atoms with Crippen LogP contribution in [0, 0.1) is 5.92 Å². The van der Waals surface area contributed by atoms with E-state index in [0.29, 0.717) is 19.4 Å². The molecule has 0 aliphatic heterocycles. The van der Waals surface area contributed by atoms with Gasteiger partial charge in [-0.1, -0.05) is 91.0 Å². The minimum atomic E-state index is -0.865. The maximum atomic E-state index is 12.3. The summed E-state index contributed by atoms with van der Waals surface area (Å²) in [4.78, 5) is 26.1. The van der Waals surface area contributed by atoms with Crippen LogP contribution in [0.3, 0.4) is 0 Å². The first-order valence-corrected chi connectivity index (χ1v) is 11.9. The highest BCUT2D eigenvalue weighted by atomic mass is 16.5. The van der Waals surface area contributed by atoms with Gasteiger partial charge in [-0.2, -0.15) is 0 Å². The predicted octanol–water partition coefficient (Wildman–Crippen LogP) is 3.86. The van der Waals surface area contributed by atoms with E-state index in [0.717, 1.165) is 16.7 Å². The molecule has 1 aromatic heterocycles. The van der Waals surface area contributed by atoms with Crippen molar-refractivity contribution in [3.05, 3.63) is 141 Å². The van der Waals surface area contributed by atoms with E-state index in [9.17, 15) is 14.7 Å². The first-order chi connectivity index (χ1) is 17.1. The molecule has 1 heterocycles. The molecule has 0 unspecified atom stereocenters. The third kappa shape index (κ3) is 4.50. The van der Waals surface area contributed by atoms with Gasteiger partial charge in [0.05, 0.1) is 12.7 Å².